The van der Waals surface area contributed by atoms with Gasteiger partial charge in [-0.25, -0.2) is 0 Å². The van der Waals surface area contributed by atoms with Crippen LogP contribution in [0.15, 0.2) is 11.1 Å². The largest absolute Gasteiger partial charge is 0.0744 e. The highest BCUT2D eigenvalue weighted by Gasteiger charge is 2.10. The Balaban J connectivity index is 0.000000288. The van der Waals surface area contributed by atoms with Crippen LogP contribution in [-0.2, 0) is 0 Å². The zero-order chi connectivity index (χ0) is 11.7. The maximum Gasteiger partial charge on any atom is -0.0295 e. The summed E-state index contributed by atoms with van der Waals surface area (Å²) in [7, 11) is 0. The van der Waals surface area contributed by atoms with Gasteiger partial charge in [-0.15, -0.1) is 0 Å². The van der Waals surface area contributed by atoms with E-state index >= 15 is 0 Å². The Labute approximate surface area is 97.2 Å². The molecule has 0 heterocycles. The van der Waals surface area contributed by atoms with E-state index in [1.165, 1.54) is 44.9 Å². The summed E-state index contributed by atoms with van der Waals surface area (Å²) in [5.41, 5.74) is 3.27. The molecule has 0 bridgehead atoms. The third kappa shape index (κ3) is 7.64. The predicted octanol–water partition coefficient (Wildman–Crippen LogP) is 5.73. The third-order valence-electron chi connectivity index (χ3n) is 3.35. The fraction of sp³-hybridized carbons (Fsp3) is 0.867. The van der Waals surface area contributed by atoms with Crippen LogP contribution in [0.1, 0.15) is 79.6 Å². The molecule has 0 saturated heterocycles. The van der Waals surface area contributed by atoms with E-state index in [1.807, 2.05) is 0 Å². The quantitative estimate of drug-likeness (QED) is 0.412. The number of allylic oxidation sites excluding steroid dienone is 2. The Morgan fingerprint density at radius 3 is 1.87 bits per heavy atom. The summed E-state index contributed by atoms with van der Waals surface area (Å²) >= 11 is 0. The van der Waals surface area contributed by atoms with Gasteiger partial charge in [0.1, 0.15) is 0 Å². The van der Waals surface area contributed by atoms with Gasteiger partial charge in [-0.1, -0.05) is 57.6 Å². The van der Waals surface area contributed by atoms with Gasteiger partial charge in [0.05, 0.1) is 0 Å². The van der Waals surface area contributed by atoms with Crippen molar-refractivity contribution in [2.45, 2.75) is 79.6 Å². The van der Waals surface area contributed by atoms with Crippen LogP contribution in [0, 0.1) is 5.92 Å². The average molecular weight is 210 g/mol. The first kappa shape index (κ1) is 14.7. The highest BCUT2D eigenvalue weighted by atomic mass is 14.2. The van der Waals surface area contributed by atoms with Crippen molar-refractivity contribution in [3.63, 3.8) is 0 Å². The minimum absolute atomic E-state index is 0.939. The van der Waals surface area contributed by atoms with E-state index in [-0.39, 0.29) is 0 Å². The van der Waals surface area contributed by atoms with Crippen LogP contribution in [0.2, 0.25) is 0 Å². The second kappa shape index (κ2) is 9.00. The summed E-state index contributed by atoms with van der Waals surface area (Å²) in [6, 6.07) is 0. The highest BCUT2D eigenvalue weighted by molar-refractivity contribution is 5.12. The van der Waals surface area contributed by atoms with Gasteiger partial charge in [0, 0.05) is 0 Å². The lowest BCUT2D eigenvalue weighted by molar-refractivity contribution is 0.496. The maximum absolute atomic E-state index is 2.34. The Morgan fingerprint density at radius 2 is 1.53 bits per heavy atom. The first-order chi connectivity index (χ1) is 7.11. The van der Waals surface area contributed by atoms with Gasteiger partial charge in [-0.05, 0) is 39.0 Å². The molecule has 0 aliphatic heterocycles. The molecule has 1 aliphatic carbocycles. The molecule has 0 N–H and O–H groups in total. The highest BCUT2D eigenvalue weighted by Crippen LogP contribution is 2.27. The summed E-state index contributed by atoms with van der Waals surface area (Å²) in [5.74, 6) is 0.939. The molecule has 0 nitrogen and oxygen atoms in total. The van der Waals surface area contributed by atoms with Crippen LogP contribution in [0.25, 0.3) is 0 Å². The normalized spacial score (nSPS) is 21.0. The Hall–Kier alpha value is -0.260. The molecule has 0 amide bonds. The molecule has 0 aromatic heterocycles. The van der Waals surface area contributed by atoms with Crippen LogP contribution >= 0.6 is 0 Å². The minimum atomic E-state index is 0.939. The van der Waals surface area contributed by atoms with E-state index in [0.29, 0.717) is 0 Å². The minimum Gasteiger partial charge on any atom is -0.0744 e. The summed E-state index contributed by atoms with van der Waals surface area (Å²) in [5, 5.41) is 0. The molecule has 0 spiro atoms. The van der Waals surface area contributed by atoms with E-state index < -0.39 is 0 Å². The predicted molar refractivity (Wildman–Crippen MR) is 71.2 cm³/mol. The lowest BCUT2D eigenvalue weighted by Crippen LogP contribution is -2.03. The molecule has 15 heavy (non-hydrogen) atoms. The van der Waals surface area contributed by atoms with Crippen molar-refractivity contribution in [1.29, 1.82) is 0 Å². The van der Waals surface area contributed by atoms with Crippen molar-refractivity contribution < 1.29 is 0 Å². The molecule has 90 valence electrons. The van der Waals surface area contributed by atoms with Crippen molar-refractivity contribution in [3.8, 4) is 0 Å². The molecule has 1 aliphatic rings. The van der Waals surface area contributed by atoms with Crippen LogP contribution in [0.4, 0.5) is 0 Å². The van der Waals surface area contributed by atoms with Crippen LogP contribution in [0.5, 0.6) is 0 Å². The average Bonchev–Trinajstić information content (AvgIpc) is 2.22. The van der Waals surface area contributed by atoms with E-state index in [4.69, 9.17) is 0 Å². The molecule has 0 saturated carbocycles. The summed E-state index contributed by atoms with van der Waals surface area (Å²) in [6.45, 7) is 11.3. The maximum atomic E-state index is 2.34. The molecular weight excluding hydrogens is 180 g/mol. The van der Waals surface area contributed by atoms with E-state index in [9.17, 15) is 0 Å². The molecule has 1 atom stereocenters. The lowest BCUT2D eigenvalue weighted by atomic mass is 9.86. The zero-order valence-electron chi connectivity index (χ0n) is 11.5. The topological polar surface area (TPSA) is 0 Å². The van der Waals surface area contributed by atoms with Gasteiger partial charge >= 0.3 is 0 Å². The fourth-order valence-electron chi connectivity index (χ4n) is 1.98. The smallest absolute Gasteiger partial charge is 0.0295 e. The van der Waals surface area contributed by atoms with E-state index in [0.717, 1.165) is 5.92 Å². The number of hydrogen-bond donors (Lipinski definition) is 0. The monoisotopic (exact) mass is 210 g/mol. The van der Waals surface area contributed by atoms with Crippen LogP contribution in [-0.4, -0.2) is 0 Å². The van der Waals surface area contributed by atoms with Gasteiger partial charge in [0.15, 0.2) is 0 Å². The van der Waals surface area contributed by atoms with Crippen molar-refractivity contribution in [2.24, 2.45) is 5.92 Å². The van der Waals surface area contributed by atoms with Crippen molar-refractivity contribution in [3.05, 3.63) is 11.1 Å². The van der Waals surface area contributed by atoms with Crippen molar-refractivity contribution in [2.75, 3.05) is 0 Å². The number of unbranched alkanes of at least 4 members (excludes halogenated alkanes) is 3. The second-order valence-electron chi connectivity index (χ2n) is 5.12. The summed E-state index contributed by atoms with van der Waals surface area (Å²) in [4.78, 5) is 0. The van der Waals surface area contributed by atoms with E-state index in [2.05, 4.69) is 34.6 Å². The first-order valence-corrected chi connectivity index (χ1v) is 6.77. The molecule has 0 fully saturated rings. The van der Waals surface area contributed by atoms with Gasteiger partial charge < -0.3 is 0 Å². The zero-order valence-corrected chi connectivity index (χ0v) is 11.5. The SMILES string of the molecule is CC1=C(C)CC(C)CC1.CCCCCC. The van der Waals surface area contributed by atoms with Crippen LogP contribution in [0.3, 0.4) is 0 Å². The molecule has 1 rings (SSSR count). The number of rotatable bonds is 3. The lowest BCUT2D eigenvalue weighted by Gasteiger charge is -2.20. The third-order valence-corrected chi connectivity index (χ3v) is 3.35. The summed E-state index contributed by atoms with van der Waals surface area (Å²) in [6.07, 6.45) is 9.62. The molecule has 0 aromatic rings. The molecule has 0 radical (unpaired) electrons. The molecule has 0 aromatic carbocycles. The van der Waals surface area contributed by atoms with Gasteiger partial charge in [-0.3, -0.25) is 0 Å². The van der Waals surface area contributed by atoms with Gasteiger partial charge in [0.25, 0.3) is 0 Å². The Morgan fingerprint density at radius 1 is 1.00 bits per heavy atom. The fourth-order valence-corrected chi connectivity index (χ4v) is 1.98. The Kier molecular flexibility index (Phi) is 8.85. The first-order valence-electron chi connectivity index (χ1n) is 6.77. The molecule has 1 unspecified atom stereocenters. The van der Waals surface area contributed by atoms with E-state index in [1.54, 1.807) is 11.1 Å². The Bertz CT molecular complexity index is 172. The molecular formula is C15H30. The van der Waals surface area contributed by atoms with Crippen molar-refractivity contribution in [1.82, 2.24) is 0 Å². The standard InChI is InChI=1S/C9H16.C6H14/c1-7-4-5-8(2)9(3)6-7;1-3-5-6-4-2/h7H,4-6H2,1-3H3;3-6H2,1-2H3. The molecule has 0 heteroatoms. The summed E-state index contributed by atoms with van der Waals surface area (Å²) < 4.78 is 0. The van der Waals surface area contributed by atoms with Crippen molar-refractivity contribution >= 4 is 0 Å². The van der Waals surface area contributed by atoms with Gasteiger partial charge in [-0.2, -0.15) is 0 Å². The number of hydrogen-bond acceptors (Lipinski definition) is 0. The van der Waals surface area contributed by atoms with Gasteiger partial charge in [0.2, 0.25) is 0 Å². The second-order valence-corrected chi connectivity index (χ2v) is 5.12. The van der Waals surface area contributed by atoms with Crippen LogP contribution < -0.4 is 0 Å².